The van der Waals surface area contributed by atoms with Gasteiger partial charge in [-0.15, -0.1) is 0 Å². The lowest BCUT2D eigenvalue weighted by atomic mass is 10.0. The number of carbonyl (C=O) groups excluding carboxylic acids is 1. The highest BCUT2D eigenvalue weighted by Crippen LogP contribution is 2.09. The van der Waals surface area contributed by atoms with Crippen molar-refractivity contribution in [2.24, 2.45) is 5.92 Å². The van der Waals surface area contributed by atoms with Crippen LogP contribution in [0.15, 0.2) is 0 Å². The molecule has 0 aliphatic heterocycles. The van der Waals surface area contributed by atoms with E-state index in [1.54, 1.807) is 6.92 Å². The van der Waals surface area contributed by atoms with Crippen LogP contribution in [0.4, 0.5) is 0 Å². The first-order chi connectivity index (χ1) is 5.54. The monoisotopic (exact) mass is 175 g/mol. The van der Waals surface area contributed by atoms with Crippen LogP contribution < -0.4 is 0 Å². The maximum absolute atomic E-state index is 11.3. The molecule has 1 amide bonds. The van der Waals surface area contributed by atoms with Gasteiger partial charge in [-0.25, -0.2) is 5.06 Å². The summed E-state index contributed by atoms with van der Waals surface area (Å²) >= 11 is 0. The molecule has 0 aromatic carbocycles. The second kappa shape index (κ2) is 5.11. The zero-order valence-corrected chi connectivity index (χ0v) is 8.07. The van der Waals surface area contributed by atoms with Gasteiger partial charge < -0.3 is 5.11 Å². The zero-order valence-electron chi connectivity index (χ0n) is 8.07. The van der Waals surface area contributed by atoms with E-state index in [0.717, 1.165) is 5.06 Å². The van der Waals surface area contributed by atoms with E-state index in [1.807, 2.05) is 6.92 Å². The number of hydrogen-bond acceptors (Lipinski definition) is 3. The highest BCUT2D eigenvalue weighted by Gasteiger charge is 2.23. The van der Waals surface area contributed by atoms with Crippen LogP contribution in [0.1, 0.15) is 20.3 Å². The Morgan fingerprint density at radius 1 is 1.67 bits per heavy atom. The summed E-state index contributed by atoms with van der Waals surface area (Å²) in [5.41, 5.74) is 0. The largest absolute Gasteiger partial charge is 0.392 e. The number of aliphatic hydroxyl groups excluding tert-OH is 1. The van der Waals surface area contributed by atoms with Crippen LogP contribution in [0, 0.1) is 5.92 Å². The molecule has 0 saturated heterocycles. The van der Waals surface area contributed by atoms with E-state index in [9.17, 15) is 9.90 Å². The van der Waals surface area contributed by atoms with Crippen molar-refractivity contribution in [2.45, 2.75) is 26.4 Å². The minimum atomic E-state index is -0.588. The fourth-order valence-electron chi connectivity index (χ4n) is 0.895. The van der Waals surface area contributed by atoms with Gasteiger partial charge in [0.1, 0.15) is 0 Å². The second-order valence-corrected chi connectivity index (χ2v) is 2.78. The minimum absolute atomic E-state index is 0.202. The van der Waals surface area contributed by atoms with E-state index in [-0.39, 0.29) is 5.91 Å². The van der Waals surface area contributed by atoms with Crippen molar-refractivity contribution in [3.8, 4) is 0 Å². The van der Waals surface area contributed by atoms with E-state index in [0.29, 0.717) is 6.42 Å². The predicted molar refractivity (Wildman–Crippen MR) is 45.2 cm³/mol. The molecule has 2 atom stereocenters. The van der Waals surface area contributed by atoms with Crippen LogP contribution in [0.5, 0.6) is 0 Å². The van der Waals surface area contributed by atoms with Gasteiger partial charge in [-0.3, -0.25) is 9.63 Å². The molecule has 0 aliphatic rings. The van der Waals surface area contributed by atoms with Gasteiger partial charge in [-0.2, -0.15) is 0 Å². The molecule has 0 spiro atoms. The first kappa shape index (κ1) is 11.4. The van der Waals surface area contributed by atoms with Gasteiger partial charge in [-0.1, -0.05) is 13.8 Å². The molecule has 0 saturated carbocycles. The van der Waals surface area contributed by atoms with Crippen molar-refractivity contribution in [3.05, 3.63) is 0 Å². The number of amides is 1. The highest BCUT2D eigenvalue weighted by atomic mass is 16.7. The van der Waals surface area contributed by atoms with E-state index in [2.05, 4.69) is 0 Å². The maximum atomic E-state index is 11.3. The Morgan fingerprint density at radius 3 is 2.50 bits per heavy atom. The summed E-state index contributed by atoms with van der Waals surface area (Å²) in [6, 6.07) is 0. The number of carbonyl (C=O) groups is 1. The summed E-state index contributed by atoms with van der Waals surface area (Å²) in [4.78, 5) is 16.0. The summed E-state index contributed by atoms with van der Waals surface area (Å²) in [5.74, 6) is -0.605. The van der Waals surface area contributed by atoms with Gasteiger partial charge in [0.25, 0.3) is 5.91 Å². The molecule has 0 bridgehead atoms. The molecule has 0 fully saturated rings. The summed E-state index contributed by atoms with van der Waals surface area (Å²) in [6.07, 6.45) is -0.0140. The standard InChI is InChI=1S/C8H17NO3/c1-5-7(10)6(2)8(11)9(3)12-4/h6-7,10H,5H2,1-4H3/t6-,7+/m1/s1. The normalized spacial score (nSPS) is 15.4. The van der Waals surface area contributed by atoms with Crippen LogP contribution in [0.2, 0.25) is 0 Å². The number of hydroxylamine groups is 2. The Morgan fingerprint density at radius 2 is 2.17 bits per heavy atom. The topological polar surface area (TPSA) is 49.8 Å². The van der Waals surface area contributed by atoms with Crippen LogP contribution in [0.25, 0.3) is 0 Å². The first-order valence-corrected chi connectivity index (χ1v) is 4.04. The Bertz CT molecular complexity index is 149. The van der Waals surface area contributed by atoms with Crippen molar-refractivity contribution in [1.82, 2.24) is 5.06 Å². The summed E-state index contributed by atoms with van der Waals surface area (Å²) in [7, 11) is 2.95. The molecular formula is C8H17NO3. The van der Waals surface area contributed by atoms with Gasteiger partial charge in [0.2, 0.25) is 0 Å². The van der Waals surface area contributed by atoms with Crippen LogP contribution in [-0.4, -0.2) is 36.3 Å². The lowest BCUT2D eigenvalue weighted by molar-refractivity contribution is -0.176. The molecule has 0 heterocycles. The third-order valence-electron chi connectivity index (χ3n) is 1.97. The Hall–Kier alpha value is -0.610. The molecule has 0 unspecified atom stereocenters. The number of nitrogens with zero attached hydrogens (tertiary/aromatic N) is 1. The van der Waals surface area contributed by atoms with E-state index in [1.165, 1.54) is 14.2 Å². The summed E-state index contributed by atoms with van der Waals surface area (Å²) in [6.45, 7) is 3.52. The number of aliphatic hydroxyl groups is 1. The Labute approximate surface area is 73.1 Å². The molecule has 4 heteroatoms. The van der Waals surface area contributed by atoms with Gasteiger partial charge in [0, 0.05) is 7.05 Å². The average molecular weight is 175 g/mol. The van der Waals surface area contributed by atoms with Gasteiger partial charge in [0.15, 0.2) is 0 Å². The summed E-state index contributed by atoms with van der Waals surface area (Å²) in [5, 5.41) is 10.5. The maximum Gasteiger partial charge on any atom is 0.251 e. The number of hydrogen-bond donors (Lipinski definition) is 1. The van der Waals surface area contributed by atoms with E-state index >= 15 is 0 Å². The zero-order chi connectivity index (χ0) is 9.72. The molecule has 72 valence electrons. The van der Waals surface area contributed by atoms with Crippen molar-refractivity contribution >= 4 is 5.91 Å². The van der Waals surface area contributed by atoms with Crippen molar-refractivity contribution < 1.29 is 14.7 Å². The Balaban J connectivity index is 4.09. The van der Waals surface area contributed by atoms with Crippen molar-refractivity contribution in [1.29, 1.82) is 0 Å². The van der Waals surface area contributed by atoms with Crippen LogP contribution in [-0.2, 0) is 9.63 Å². The molecule has 0 aromatic heterocycles. The van der Waals surface area contributed by atoms with Crippen molar-refractivity contribution in [2.75, 3.05) is 14.2 Å². The SMILES string of the molecule is CC[C@H](O)[C@@H](C)C(=O)N(C)OC. The fourth-order valence-corrected chi connectivity index (χ4v) is 0.895. The summed E-state index contributed by atoms with van der Waals surface area (Å²) < 4.78 is 0. The average Bonchev–Trinajstić information content (AvgIpc) is 2.12. The Kier molecular flexibility index (Phi) is 4.85. The lowest BCUT2D eigenvalue weighted by Crippen LogP contribution is -2.36. The highest BCUT2D eigenvalue weighted by molar-refractivity contribution is 5.77. The molecule has 0 aromatic rings. The molecule has 0 rings (SSSR count). The third-order valence-corrected chi connectivity index (χ3v) is 1.97. The van der Waals surface area contributed by atoms with E-state index in [4.69, 9.17) is 4.84 Å². The lowest BCUT2D eigenvalue weighted by Gasteiger charge is -2.21. The molecule has 1 N–H and O–H groups in total. The van der Waals surface area contributed by atoms with Gasteiger partial charge in [-0.05, 0) is 6.42 Å². The third kappa shape index (κ3) is 2.79. The molecule has 0 radical (unpaired) electrons. The van der Waals surface area contributed by atoms with Gasteiger partial charge >= 0.3 is 0 Å². The smallest absolute Gasteiger partial charge is 0.251 e. The predicted octanol–water partition coefficient (Wildman–Crippen LogP) is 0.413. The van der Waals surface area contributed by atoms with Crippen LogP contribution >= 0.6 is 0 Å². The van der Waals surface area contributed by atoms with Gasteiger partial charge in [0.05, 0.1) is 19.1 Å². The molecular weight excluding hydrogens is 158 g/mol. The first-order valence-electron chi connectivity index (χ1n) is 4.04. The number of rotatable bonds is 4. The fraction of sp³-hybridized carbons (Fsp3) is 0.875. The quantitative estimate of drug-likeness (QED) is 0.630. The van der Waals surface area contributed by atoms with Crippen molar-refractivity contribution in [3.63, 3.8) is 0 Å². The molecule has 4 nitrogen and oxygen atoms in total. The molecule has 0 aliphatic carbocycles. The van der Waals surface area contributed by atoms with Crippen LogP contribution in [0.3, 0.4) is 0 Å². The minimum Gasteiger partial charge on any atom is -0.392 e. The van der Waals surface area contributed by atoms with E-state index < -0.39 is 12.0 Å². The molecule has 12 heavy (non-hydrogen) atoms. The second-order valence-electron chi connectivity index (χ2n) is 2.78.